The van der Waals surface area contributed by atoms with E-state index in [2.05, 4.69) is 34.3 Å². The van der Waals surface area contributed by atoms with E-state index in [1.54, 1.807) is 13.3 Å². The molecule has 0 spiro atoms. The van der Waals surface area contributed by atoms with E-state index >= 15 is 0 Å². The second kappa shape index (κ2) is 18.9. The van der Waals surface area contributed by atoms with Crippen LogP contribution in [0.1, 0.15) is 72.6 Å². The minimum atomic E-state index is -0.967. The van der Waals surface area contributed by atoms with Crippen LogP contribution in [-0.4, -0.2) is 19.8 Å². The van der Waals surface area contributed by atoms with Crippen LogP contribution in [0.5, 0.6) is 0 Å². The van der Waals surface area contributed by atoms with E-state index in [1.165, 1.54) is 38.5 Å². The Morgan fingerprint density at radius 1 is 0.765 bits per heavy atom. The van der Waals surface area contributed by atoms with E-state index < -0.39 is 19.8 Å². The number of hydrogen-bond acceptors (Lipinski definition) is 0. The maximum atomic E-state index is 3.48. The second-order valence-corrected chi connectivity index (χ2v) is 14.9. The van der Waals surface area contributed by atoms with Gasteiger partial charge in [-0.15, -0.1) is 6.58 Å². The van der Waals surface area contributed by atoms with Crippen molar-refractivity contribution in [1.29, 1.82) is 0 Å². The van der Waals surface area contributed by atoms with Crippen LogP contribution in [0.15, 0.2) is 12.7 Å². The predicted molar refractivity (Wildman–Crippen MR) is 86.8 cm³/mol. The fraction of sp³-hybridized carbons (Fsp3) is 0.875. The molecule has 0 saturated carbocycles. The van der Waals surface area contributed by atoms with E-state index in [-0.39, 0.29) is 0 Å². The Morgan fingerprint density at radius 2 is 1.06 bits per heavy atom. The van der Waals surface area contributed by atoms with Crippen LogP contribution in [0.4, 0.5) is 0 Å². The van der Waals surface area contributed by atoms with Gasteiger partial charge in [0.1, 0.15) is 0 Å². The van der Waals surface area contributed by atoms with Crippen LogP contribution >= 0.6 is 0 Å². The van der Waals surface area contributed by atoms with Crippen molar-refractivity contribution in [3.05, 3.63) is 12.7 Å². The summed E-state index contributed by atoms with van der Waals surface area (Å²) in [6.45, 7) is 12.5. The molecule has 0 aromatic rings. The first-order chi connectivity index (χ1) is 8.26. The Balaban J connectivity index is 0. The van der Waals surface area contributed by atoms with Gasteiger partial charge in [0.2, 0.25) is 0 Å². The first kappa shape index (κ1) is 19.9. The zero-order valence-corrected chi connectivity index (χ0v) is 16.2. The average molecular weight is 347 g/mol. The van der Waals surface area contributed by atoms with Gasteiger partial charge in [0.15, 0.2) is 0 Å². The standard InChI is InChI=1S/3C4H9.C4H8.Sn.H/c4*1-3-4-2;;/h3*1,3-4H2,2H3;3H,1,4H2,2H3;;. The molecule has 0 saturated heterocycles. The molecule has 0 bridgehead atoms. The molecule has 0 atom stereocenters. The quantitative estimate of drug-likeness (QED) is 0.326. The summed E-state index contributed by atoms with van der Waals surface area (Å²) in [6, 6.07) is 0. The Hall–Kier alpha value is 0.539. The maximum absolute atomic E-state index is 3.48. The fourth-order valence-corrected chi connectivity index (χ4v) is 12.8. The molecule has 0 unspecified atom stereocenters. The van der Waals surface area contributed by atoms with E-state index in [1.807, 2.05) is 6.08 Å². The number of unbranched alkanes of at least 4 members (excludes halogenated alkanes) is 3. The summed E-state index contributed by atoms with van der Waals surface area (Å²) in [6.07, 6.45) is 11.8. The Kier molecular flexibility index (Phi) is 22.1. The molecule has 0 heterocycles. The van der Waals surface area contributed by atoms with Gasteiger partial charge >= 0.3 is 92.4 Å². The van der Waals surface area contributed by atoms with Gasteiger partial charge in [-0.2, -0.15) is 0 Å². The first-order valence-electron chi connectivity index (χ1n) is 7.87. The number of rotatable bonds is 10. The van der Waals surface area contributed by atoms with E-state index in [9.17, 15) is 0 Å². The first-order valence-corrected chi connectivity index (χ1v) is 14.9. The van der Waals surface area contributed by atoms with Crippen LogP contribution in [0.25, 0.3) is 0 Å². The second-order valence-electron chi connectivity index (χ2n) is 4.99. The van der Waals surface area contributed by atoms with Gasteiger partial charge in [0, 0.05) is 0 Å². The zero-order valence-electron chi connectivity index (χ0n) is 12.9. The topological polar surface area (TPSA) is 0 Å². The molecule has 0 N–H and O–H groups in total. The third-order valence-electron chi connectivity index (χ3n) is 3.19. The average Bonchev–Trinajstić information content (AvgIpc) is 2.38. The van der Waals surface area contributed by atoms with Crippen molar-refractivity contribution in [2.24, 2.45) is 0 Å². The summed E-state index contributed by atoms with van der Waals surface area (Å²) in [4.78, 5) is 0. The van der Waals surface area contributed by atoms with E-state index in [4.69, 9.17) is 0 Å². The summed E-state index contributed by atoms with van der Waals surface area (Å²) >= 11 is -0.967. The van der Waals surface area contributed by atoms with Gasteiger partial charge in [0.05, 0.1) is 0 Å². The number of allylic oxidation sites excluding steroid dienone is 1. The molecule has 1 heteroatoms. The third kappa shape index (κ3) is 19.1. The van der Waals surface area contributed by atoms with Crippen LogP contribution in [0.3, 0.4) is 0 Å². The molecule has 0 fully saturated rings. The summed E-state index contributed by atoms with van der Waals surface area (Å²) in [7, 11) is 0. The van der Waals surface area contributed by atoms with Gasteiger partial charge in [-0.1, -0.05) is 13.0 Å². The SMILES string of the molecule is C=CCC.CCC[CH2][SnH]([CH2]CCC)[CH2]CCC. The summed E-state index contributed by atoms with van der Waals surface area (Å²) in [5.74, 6) is 0. The normalized spacial score (nSPS) is 9.94. The van der Waals surface area contributed by atoms with Crippen LogP contribution in [0.2, 0.25) is 13.3 Å². The molecule has 0 aromatic carbocycles. The molecular formula is C16H36Sn. The summed E-state index contributed by atoms with van der Waals surface area (Å²) < 4.78 is 5.08. The summed E-state index contributed by atoms with van der Waals surface area (Å²) in [5.41, 5.74) is 0. The van der Waals surface area contributed by atoms with Gasteiger partial charge in [0.25, 0.3) is 0 Å². The molecule has 0 radical (unpaired) electrons. The van der Waals surface area contributed by atoms with Crippen molar-refractivity contribution in [1.82, 2.24) is 0 Å². The molecule has 17 heavy (non-hydrogen) atoms. The van der Waals surface area contributed by atoms with Crippen molar-refractivity contribution in [2.75, 3.05) is 0 Å². The Bertz CT molecular complexity index is 112. The van der Waals surface area contributed by atoms with Gasteiger partial charge in [-0.05, 0) is 6.42 Å². The van der Waals surface area contributed by atoms with Crippen LogP contribution in [0, 0.1) is 0 Å². The monoisotopic (exact) mass is 348 g/mol. The molecule has 0 nitrogen and oxygen atoms in total. The Labute approximate surface area is 118 Å². The van der Waals surface area contributed by atoms with Crippen molar-refractivity contribution < 1.29 is 0 Å². The minimum absolute atomic E-state index is 0.967. The third-order valence-corrected chi connectivity index (χ3v) is 13.7. The molecule has 0 aromatic heterocycles. The molecule has 0 rings (SSSR count). The van der Waals surface area contributed by atoms with Crippen LogP contribution < -0.4 is 0 Å². The van der Waals surface area contributed by atoms with Gasteiger partial charge < -0.3 is 0 Å². The fourth-order valence-electron chi connectivity index (χ4n) is 1.91. The van der Waals surface area contributed by atoms with Gasteiger partial charge in [-0.25, -0.2) is 0 Å². The van der Waals surface area contributed by atoms with Crippen molar-refractivity contribution in [3.63, 3.8) is 0 Å². The van der Waals surface area contributed by atoms with E-state index in [0.717, 1.165) is 6.42 Å². The molecule has 0 aliphatic rings. The molecule has 104 valence electrons. The summed E-state index contributed by atoms with van der Waals surface area (Å²) in [5, 5.41) is 0. The van der Waals surface area contributed by atoms with Crippen molar-refractivity contribution >= 4 is 19.8 Å². The van der Waals surface area contributed by atoms with Gasteiger partial charge in [-0.3, -0.25) is 0 Å². The molecule has 0 aliphatic carbocycles. The molecular weight excluding hydrogens is 311 g/mol. The predicted octanol–water partition coefficient (Wildman–Crippen LogP) is 6.20. The molecule has 0 amide bonds. The van der Waals surface area contributed by atoms with E-state index in [0.29, 0.717) is 0 Å². The number of hydrogen-bond donors (Lipinski definition) is 0. The Morgan fingerprint density at radius 3 is 1.24 bits per heavy atom. The van der Waals surface area contributed by atoms with Crippen molar-refractivity contribution in [3.8, 4) is 0 Å². The molecule has 0 aliphatic heterocycles. The van der Waals surface area contributed by atoms with Crippen molar-refractivity contribution in [2.45, 2.75) is 86.0 Å². The van der Waals surface area contributed by atoms with Crippen LogP contribution in [-0.2, 0) is 0 Å². The zero-order chi connectivity index (χ0) is 13.4.